The molecule has 0 bridgehead atoms. The zero-order chi connectivity index (χ0) is 21.7. The Balaban J connectivity index is 0.000000436. The summed E-state index contributed by atoms with van der Waals surface area (Å²) in [5.41, 5.74) is 5.36. The summed E-state index contributed by atoms with van der Waals surface area (Å²) in [5.74, 6) is 1.75. The lowest BCUT2D eigenvalue weighted by molar-refractivity contribution is -0.140. The number of nitrogens with one attached hydrogen (secondary N) is 1. The third kappa shape index (κ3) is 19.1. The molecular weight excluding hydrogens is 404 g/mol. The molecule has 0 aliphatic rings. The number of hydrogen-bond donors (Lipinski definition) is 2. The predicted molar refractivity (Wildman–Crippen MR) is 124 cm³/mol. The van der Waals surface area contributed by atoms with Gasteiger partial charge in [0.2, 0.25) is 5.91 Å². The second-order valence-electron chi connectivity index (χ2n) is 5.52. The van der Waals surface area contributed by atoms with E-state index in [4.69, 9.17) is 5.73 Å². The summed E-state index contributed by atoms with van der Waals surface area (Å²) in [5, 5.41) is 2.76. The number of esters is 1. The maximum absolute atomic E-state index is 10.5. The van der Waals surface area contributed by atoms with Crippen molar-refractivity contribution in [3.63, 3.8) is 0 Å². The molecular formula is C22H32N2O3S2. The number of carbonyl (C=O) groups excluding carboxylic acids is 2. The Bertz CT molecular complexity index is 656. The van der Waals surface area contributed by atoms with Crippen LogP contribution in [0.15, 0.2) is 70.5 Å². The van der Waals surface area contributed by atoms with E-state index in [1.54, 1.807) is 30.4 Å². The fraction of sp³-hybridized carbons (Fsp3) is 0.364. The van der Waals surface area contributed by atoms with Crippen molar-refractivity contribution >= 4 is 35.4 Å². The fourth-order valence-electron chi connectivity index (χ4n) is 1.81. The van der Waals surface area contributed by atoms with Crippen LogP contribution in [0.25, 0.3) is 0 Å². The Kier molecular flexibility index (Phi) is 18.1. The molecule has 1 amide bonds. The minimum Gasteiger partial charge on any atom is -0.466 e. The molecule has 0 atom stereocenters. The molecule has 2 aromatic rings. The molecule has 5 nitrogen and oxygen atoms in total. The van der Waals surface area contributed by atoms with Crippen molar-refractivity contribution in [2.45, 2.75) is 30.6 Å². The van der Waals surface area contributed by atoms with E-state index in [2.05, 4.69) is 34.3 Å². The first kappa shape index (κ1) is 27.0. The highest BCUT2D eigenvalue weighted by atomic mass is 32.2. The van der Waals surface area contributed by atoms with Crippen LogP contribution in [0.5, 0.6) is 0 Å². The summed E-state index contributed by atoms with van der Waals surface area (Å²) in [4.78, 5) is 22.9. The SMILES string of the molecule is CC(=O)NCCSc1ccccc1.CCOC(C)=O.NCCSc1ccccc1. The van der Waals surface area contributed by atoms with Crippen LogP contribution in [0.3, 0.4) is 0 Å². The lowest BCUT2D eigenvalue weighted by atomic mass is 10.4. The Labute approximate surface area is 183 Å². The first-order valence-electron chi connectivity index (χ1n) is 9.43. The van der Waals surface area contributed by atoms with Crippen molar-refractivity contribution in [2.75, 3.05) is 31.2 Å². The highest BCUT2D eigenvalue weighted by Gasteiger charge is 1.93. The van der Waals surface area contributed by atoms with Gasteiger partial charge in [0.15, 0.2) is 0 Å². The number of benzene rings is 2. The maximum atomic E-state index is 10.5. The Morgan fingerprint density at radius 1 is 0.897 bits per heavy atom. The van der Waals surface area contributed by atoms with Crippen molar-refractivity contribution in [1.29, 1.82) is 0 Å². The summed E-state index contributed by atoms with van der Waals surface area (Å²) >= 11 is 3.54. The van der Waals surface area contributed by atoms with Crippen molar-refractivity contribution in [2.24, 2.45) is 5.73 Å². The molecule has 0 aromatic heterocycles. The molecule has 3 N–H and O–H groups in total. The van der Waals surface area contributed by atoms with E-state index in [1.807, 2.05) is 36.4 Å². The number of amides is 1. The Morgan fingerprint density at radius 3 is 1.72 bits per heavy atom. The van der Waals surface area contributed by atoms with Gasteiger partial charge in [-0.2, -0.15) is 0 Å². The van der Waals surface area contributed by atoms with E-state index in [9.17, 15) is 9.59 Å². The number of thioether (sulfide) groups is 2. The van der Waals surface area contributed by atoms with Gasteiger partial charge in [-0.15, -0.1) is 23.5 Å². The first-order valence-corrected chi connectivity index (χ1v) is 11.4. The fourth-order valence-corrected chi connectivity index (χ4v) is 3.30. The summed E-state index contributed by atoms with van der Waals surface area (Å²) in [6, 6.07) is 20.5. The Morgan fingerprint density at radius 2 is 1.38 bits per heavy atom. The molecule has 0 heterocycles. The average molecular weight is 437 g/mol. The van der Waals surface area contributed by atoms with E-state index in [0.29, 0.717) is 6.61 Å². The van der Waals surface area contributed by atoms with E-state index < -0.39 is 0 Å². The topological polar surface area (TPSA) is 81.4 Å². The summed E-state index contributed by atoms with van der Waals surface area (Å²) in [7, 11) is 0. The summed E-state index contributed by atoms with van der Waals surface area (Å²) in [6.45, 7) is 6.67. The lowest BCUT2D eigenvalue weighted by Crippen LogP contribution is -2.22. The molecule has 0 unspecified atom stereocenters. The molecule has 2 rings (SSSR count). The highest BCUT2D eigenvalue weighted by molar-refractivity contribution is 7.99. The van der Waals surface area contributed by atoms with Crippen molar-refractivity contribution in [1.82, 2.24) is 5.32 Å². The van der Waals surface area contributed by atoms with Crippen LogP contribution in [-0.4, -0.2) is 43.1 Å². The molecule has 160 valence electrons. The van der Waals surface area contributed by atoms with Crippen molar-refractivity contribution in [3.8, 4) is 0 Å². The van der Waals surface area contributed by atoms with Crippen LogP contribution in [0.2, 0.25) is 0 Å². The third-order valence-corrected chi connectivity index (χ3v) is 5.02. The van der Waals surface area contributed by atoms with Gasteiger partial charge in [-0.3, -0.25) is 9.59 Å². The molecule has 2 aromatic carbocycles. The standard InChI is InChI=1S/C10H13NOS.C8H11NS.C4H8O2/c1-9(12)11-7-8-13-10-5-3-2-4-6-10;9-6-7-10-8-4-2-1-3-5-8;1-3-6-4(2)5/h2-6H,7-8H2,1H3,(H,11,12);1-5H,6-7,9H2;3H2,1-2H3. The summed E-state index contributed by atoms with van der Waals surface area (Å²) < 4.78 is 4.40. The molecule has 7 heteroatoms. The van der Waals surface area contributed by atoms with Crippen LogP contribution < -0.4 is 11.1 Å². The molecule has 0 radical (unpaired) electrons. The van der Waals surface area contributed by atoms with Crippen molar-refractivity contribution in [3.05, 3.63) is 60.7 Å². The molecule has 0 spiro atoms. The van der Waals surface area contributed by atoms with Gasteiger partial charge in [0.1, 0.15) is 0 Å². The number of rotatable bonds is 8. The minimum absolute atomic E-state index is 0.0358. The zero-order valence-corrected chi connectivity index (χ0v) is 19.1. The average Bonchev–Trinajstić information content (AvgIpc) is 2.72. The number of hydrogen-bond acceptors (Lipinski definition) is 6. The van der Waals surface area contributed by atoms with Gasteiger partial charge in [-0.1, -0.05) is 36.4 Å². The quantitative estimate of drug-likeness (QED) is 0.366. The highest BCUT2D eigenvalue weighted by Crippen LogP contribution is 2.16. The van der Waals surface area contributed by atoms with E-state index in [0.717, 1.165) is 24.6 Å². The normalized spacial score (nSPS) is 9.24. The van der Waals surface area contributed by atoms with E-state index >= 15 is 0 Å². The van der Waals surface area contributed by atoms with Gasteiger partial charge in [-0.25, -0.2) is 0 Å². The van der Waals surface area contributed by atoms with E-state index in [-0.39, 0.29) is 11.9 Å². The lowest BCUT2D eigenvalue weighted by Gasteiger charge is -2.01. The molecule has 29 heavy (non-hydrogen) atoms. The number of ether oxygens (including phenoxy) is 1. The van der Waals surface area contributed by atoms with E-state index in [1.165, 1.54) is 23.6 Å². The van der Waals surface area contributed by atoms with Gasteiger partial charge < -0.3 is 15.8 Å². The third-order valence-electron chi connectivity index (χ3n) is 2.97. The zero-order valence-electron chi connectivity index (χ0n) is 17.4. The molecule has 0 saturated heterocycles. The van der Waals surface area contributed by atoms with Gasteiger partial charge >= 0.3 is 5.97 Å². The molecule has 0 fully saturated rings. The second kappa shape index (κ2) is 19.4. The minimum atomic E-state index is -0.211. The van der Waals surface area contributed by atoms with Gasteiger partial charge in [-0.05, 0) is 31.2 Å². The van der Waals surface area contributed by atoms with Crippen LogP contribution in [0, 0.1) is 0 Å². The second-order valence-corrected chi connectivity index (χ2v) is 7.86. The number of nitrogens with two attached hydrogens (primary N) is 1. The summed E-state index contributed by atoms with van der Waals surface area (Å²) in [6.07, 6.45) is 0. The molecule has 0 aliphatic carbocycles. The monoisotopic (exact) mass is 436 g/mol. The van der Waals surface area contributed by atoms with Crippen LogP contribution in [-0.2, 0) is 14.3 Å². The van der Waals surface area contributed by atoms with Crippen LogP contribution in [0.4, 0.5) is 0 Å². The smallest absolute Gasteiger partial charge is 0.302 e. The van der Waals surface area contributed by atoms with Gasteiger partial charge in [0.25, 0.3) is 0 Å². The molecule has 0 saturated carbocycles. The van der Waals surface area contributed by atoms with Gasteiger partial charge in [0.05, 0.1) is 6.61 Å². The van der Waals surface area contributed by atoms with Crippen LogP contribution in [0.1, 0.15) is 20.8 Å². The first-order chi connectivity index (χ1) is 14.0. The predicted octanol–water partition coefficient (Wildman–Crippen LogP) is 4.22. The van der Waals surface area contributed by atoms with Crippen LogP contribution >= 0.6 is 23.5 Å². The van der Waals surface area contributed by atoms with Gasteiger partial charge in [0, 0.05) is 48.2 Å². The van der Waals surface area contributed by atoms with Crippen molar-refractivity contribution < 1.29 is 14.3 Å². The number of carbonyl (C=O) groups is 2. The Hall–Kier alpha value is -1.96. The largest absolute Gasteiger partial charge is 0.466 e. The maximum Gasteiger partial charge on any atom is 0.302 e. The molecule has 0 aliphatic heterocycles.